The summed E-state index contributed by atoms with van der Waals surface area (Å²) < 4.78 is 0. The van der Waals surface area contributed by atoms with Gasteiger partial charge in [-0.2, -0.15) is 0 Å². The van der Waals surface area contributed by atoms with Crippen LogP contribution in [0.4, 0.5) is 0 Å². The van der Waals surface area contributed by atoms with E-state index in [0.29, 0.717) is 11.4 Å². The molecule has 0 radical (unpaired) electrons. The standard InChI is InChI=1S/C20H24ClNO/c1-15(14-20(2,3)17-9-5-4-6-10-17)22-19(23)13-16-8-7-11-18(21)12-16/h4-12,15H,13-14H2,1-3H3,(H,22,23)/t15-/m1/s1. The number of halogens is 1. The number of rotatable bonds is 6. The minimum atomic E-state index is 0.0179. The van der Waals surface area contributed by atoms with E-state index in [1.54, 1.807) is 0 Å². The smallest absolute Gasteiger partial charge is 0.224 e. The van der Waals surface area contributed by atoms with Gasteiger partial charge in [0, 0.05) is 11.1 Å². The zero-order valence-electron chi connectivity index (χ0n) is 14.0. The number of hydrogen-bond acceptors (Lipinski definition) is 1. The maximum absolute atomic E-state index is 12.2. The minimum absolute atomic E-state index is 0.0179. The van der Waals surface area contributed by atoms with Crippen LogP contribution in [-0.4, -0.2) is 11.9 Å². The second-order valence-corrected chi connectivity index (χ2v) is 7.17. The van der Waals surface area contributed by atoms with Gasteiger partial charge in [0.15, 0.2) is 0 Å². The van der Waals surface area contributed by atoms with Crippen molar-refractivity contribution in [3.63, 3.8) is 0 Å². The van der Waals surface area contributed by atoms with E-state index in [9.17, 15) is 4.79 Å². The van der Waals surface area contributed by atoms with Crippen LogP contribution in [0, 0.1) is 0 Å². The Kier molecular flexibility index (Phi) is 5.84. The van der Waals surface area contributed by atoms with Gasteiger partial charge in [-0.1, -0.05) is 67.9 Å². The molecule has 0 heterocycles. The van der Waals surface area contributed by atoms with E-state index in [4.69, 9.17) is 11.6 Å². The van der Waals surface area contributed by atoms with Crippen LogP contribution in [-0.2, 0) is 16.6 Å². The lowest BCUT2D eigenvalue weighted by Crippen LogP contribution is -2.38. The predicted octanol–water partition coefficient (Wildman–Crippen LogP) is 4.76. The molecule has 0 aromatic heterocycles. The molecule has 1 N–H and O–H groups in total. The monoisotopic (exact) mass is 329 g/mol. The van der Waals surface area contributed by atoms with Gasteiger partial charge in [0.2, 0.25) is 5.91 Å². The SMILES string of the molecule is C[C@H](CC(C)(C)c1ccccc1)NC(=O)Cc1cccc(Cl)c1. The molecule has 2 aromatic carbocycles. The third-order valence-corrected chi connectivity index (χ3v) is 4.27. The molecular formula is C20H24ClNO. The summed E-state index contributed by atoms with van der Waals surface area (Å²) in [7, 11) is 0. The lowest BCUT2D eigenvalue weighted by molar-refractivity contribution is -0.121. The average molecular weight is 330 g/mol. The fraction of sp³-hybridized carbons (Fsp3) is 0.350. The van der Waals surface area contributed by atoms with Crippen LogP contribution in [0.25, 0.3) is 0 Å². The van der Waals surface area contributed by atoms with Crippen molar-refractivity contribution in [1.82, 2.24) is 5.32 Å². The highest BCUT2D eigenvalue weighted by molar-refractivity contribution is 6.30. The lowest BCUT2D eigenvalue weighted by Gasteiger charge is -2.29. The summed E-state index contributed by atoms with van der Waals surface area (Å²) in [6.45, 7) is 6.48. The normalized spacial score (nSPS) is 12.7. The first-order valence-corrected chi connectivity index (χ1v) is 8.34. The molecule has 0 spiro atoms. The molecule has 0 aliphatic rings. The Bertz CT molecular complexity index is 652. The molecule has 0 bridgehead atoms. The largest absolute Gasteiger partial charge is 0.353 e. The van der Waals surface area contributed by atoms with E-state index in [2.05, 4.69) is 50.4 Å². The van der Waals surface area contributed by atoms with Gasteiger partial charge in [0.1, 0.15) is 0 Å². The fourth-order valence-electron chi connectivity index (χ4n) is 2.98. The summed E-state index contributed by atoms with van der Waals surface area (Å²) in [5.74, 6) is 0.0311. The highest BCUT2D eigenvalue weighted by atomic mass is 35.5. The number of nitrogens with one attached hydrogen (secondary N) is 1. The van der Waals surface area contributed by atoms with Crippen molar-refractivity contribution in [3.8, 4) is 0 Å². The van der Waals surface area contributed by atoms with Crippen molar-refractivity contribution in [2.75, 3.05) is 0 Å². The first kappa shape index (κ1) is 17.6. The van der Waals surface area contributed by atoms with Crippen molar-refractivity contribution >= 4 is 17.5 Å². The molecular weight excluding hydrogens is 306 g/mol. The number of hydrogen-bond donors (Lipinski definition) is 1. The molecule has 122 valence electrons. The van der Waals surface area contributed by atoms with Gasteiger partial charge in [0.05, 0.1) is 6.42 Å². The Morgan fingerprint density at radius 1 is 1.13 bits per heavy atom. The molecule has 1 atom stereocenters. The van der Waals surface area contributed by atoms with Crippen LogP contribution in [0.5, 0.6) is 0 Å². The quantitative estimate of drug-likeness (QED) is 0.813. The number of carbonyl (C=O) groups is 1. The van der Waals surface area contributed by atoms with Crippen LogP contribution in [0.15, 0.2) is 54.6 Å². The second-order valence-electron chi connectivity index (χ2n) is 6.73. The summed E-state index contributed by atoms with van der Waals surface area (Å²) >= 11 is 5.96. The maximum Gasteiger partial charge on any atom is 0.224 e. The molecule has 0 aliphatic heterocycles. The Hall–Kier alpha value is -1.80. The molecule has 3 heteroatoms. The van der Waals surface area contributed by atoms with Crippen molar-refractivity contribution in [2.45, 2.75) is 45.1 Å². The van der Waals surface area contributed by atoms with E-state index >= 15 is 0 Å². The second kappa shape index (κ2) is 7.65. The molecule has 0 fully saturated rings. The first-order valence-electron chi connectivity index (χ1n) is 7.96. The van der Waals surface area contributed by atoms with Crippen LogP contribution in [0.1, 0.15) is 38.3 Å². The van der Waals surface area contributed by atoms with Crippen molar-refractivity contribution in [2.24, 2.45) is 0 Å². The third-order valence-electron chi connectivity index (χ3n) is 4.03. The van der Waals surface area contributed by atoms with E-state index in [1.165, 1.54) is 5.56 Å². The van der Waals surface area contributed by atoms with Gasteiger partial charge in [-0.15, -0.1) is 0 Å². The van der Waals surface area contributed by atoms with Crippen molar-refractivity contribution in [3.05, 3.63) is 70.7 Å². The topological polar surface area (TPSA) is 29.1 Å². The summed E-state index contributed by atoms with van der Waals surface area (Å²) in [5.41, 5.74) is 2.24. The van der Waals surface area contributed by atoms with Gasteiger partial charge >= 0.3 is 0 Å². The van der Waals surface area contributed by atoms with Gasteiger partial charge in [-0.3, -0.25) is 4.79 Å². The van der Waals surface area contributed by atoms with Crippen LogP contribution >= 0.6 is 11.6 Å². The summed E-state index contributed by atoms with van der Waals surface area (Å²) in [4.78, 5) is 12.2. The van der Waals surface area contributed by atoms with Crippen LogP contribution < -0.4 is 5.32 Å². The Morgan fingerprint density at radius 2 is 1.83 bits per heavy atom. The minimum Gasteiger partial charge on any atom is -0.353 e. The molecule has 1 amide bonds. The molecule has 0 saturated carbocycles. The Balaban J connectivity index is 1.91. The third kappa shape index (κ3) is 5.40. The maximum atomic E-state index is 12.2. The highest BCUT2D eigenvalue weighted by Gasteiger charge is 2.23. The lowest BCUT2D eigenvalue weighted by atomic mass is 9.79. The molecule has 23 heavy (non-hydrogen) atoms. The molecule has 0 saturated heterocycles. The molecule has 2 rings (SSSR count). The first-order chi connectivity index (χ1) is 10.9. The number of carbonyl (C=O) groups excluding carboxylic acids is 1. The molecule has 2 nitrogen and oxygen atoms in total. The van der Waals surface area contributed by atoms with E-state index in [0.717, 1.165) is 12.0 Å². The summed E-state index contributed by atoms with van der Waals surface area (Å²) in [6.07, 6.45) is 1.25. The van der Waals surface area contributed by atoms with Crippen molar-refractivity contribution < 1.29 is 4.79 Å². The molecule has 0 aliphatic carbocycles. The summed E-state index contributed by atoms with van der Waals surface area (Å²) in [5, 5.41) is 3.75. The van der Waals surface area contributed by atoms with E-state index in [-0.39, 0.29) is 17.4 Å². The Labute approximate surface area is 143 Å². The van der Waals surface area contributed by atoms with E-state index in [1.807, 2.05) is 30.3 Å². The average Bonchev–Trinajstić information content (AvgIpc) is 2.47. The molecule has 0 unspecified atom stereocenters. The van der Waals surface area contributed by atoms with Crippen molar-refractivity contribution in [1.29, 1.82) is 0 Å². The van der Waals surface area contributed by atoms with Crippen LogP contribution in [0.2, 0.25) is 5.02 Å². The van der Waals surface area contributed by atoms with Gasteiger partial charge in [-0.05, 0) is 42.0 Å². The van der Waals surface area contributed by atoms with Gasteiger partial charge < -0.3 is 5.32 Å². The summed E-state index contributed by atoms with van der Waals surface area (Å²) in [6, 6.07) is 18.0. The highest BCUT2D eigenvalue weighted by Crippen LogP contribution is 2.28. The Morgan fingerprint density at radius 3 is 2.48 bits per heavy atom. The number of amides is 1. The van der Waals surface area contributed by atoms with Gasteiger partial charge in [0.25, 0.3) is 0 Å². The molecule has 2 aromatic rings. The predicted molar refractivity (Wildman–Crippen MR) is 96.8 cm³/mol. The van der Waals surface area contributed by atoms with Crippen LogP contribution in [0.3, 0.4) is 0 Å². The zero-order chi connectivity index (χ0) is 16.9. The zero-order valence-corrected chi connectivity index (χ0v) is 14.7. The number of benzene rings is 2. The fourth-order valence-corrected chi connectivity index (χ4v) is 3.19. The van der Waals surface area contributed by atoms with E-state index < -0.39 is 0 Å². The van der Waals surface area contributed by atoms with Gasteiger partial charge in [-0.25, -0.2) is 0 Å².